The van der Waals surface area contributed by atoms with Crippen LogP contribution in [-0.4, -0.2) is 18.3 Å². The molecule has 15 heavy (non-hydrogen) atoms. The smallest absolute Gasteiger partial charge is 0.143 e. The van der Waals surface area contributed by atoms with Gasteiger partial charge in [0.1, 0.15) is 17.4 Å². The number of aliphatic hydroxyl groups is 1. The number of nitrogens with zero attached hydrogens (tertiary/aromatic N) is 1. The van der Waals surface area contributed by atoms with Gasteiger partial charge in [0.25, 0.3) is 0 Å². The molecular weight excluding hydrogens is 195 g/mol. The van der Waals surface area contributed by atoms with Crippen molar-refractivity contribution in [2.75, 3.05) is 18.5 Å². The normalized spacial score (nSPS) is 9.67. The van der Waals surface area contributed by atoms with Crippen molar-refractivity contribution in [2.24, 2.45) is 0 Å². The zero-order chi connectivity index (χ0) is 11.1. The molecule has 0 aliphatic heterocycles. The van der Waals surface area contributed by atoms with Crippen molar-refractivity contribution in [2.45, 2.75) is 12.8 Å². The minimum atomic E-state index is -0.510. The van der Waals surface area contributed by atoms with Crippen LogP contribution < -0.4 is 5.32 Å². The molecule has 0 radical (unpaired) electrons. The molecule has 0 unspecified atom stereocenters. The molecule has 0 heterocycles. The van der Waals surface area contributed by atoms with Gasteiger partial charge in [-0.05, 0) is 25.0 Å². The molecule has 0 atom stereocenters. The summed E-state index contributed by atoms with van der Waals surface area (Å²) in [4.78, 5) is 0. The van der Waals surface area contributed by atoms with Gasteiger partial charge in [-0.1, -0.05) is 6.07 Å². The van der Waals surface area contributed by atoms with Crippen molar-refractivity contribution < 1.29 is 9.50 Å². The summed E-state index contributed by atoms with van der Waals surface area (Å²) < 4.78 is 13.1. The Morgan fingerprint density at radius 3 is 2.87 bits per heavy atom. The van der Waals surface area contributed by atoms with Gasteiger partial charge in [-0.2, -0.15) is 5.26 Å². The quantitative estimate of drug-likeness (QED) is 0.726. The summed E-state index contributed by atoms with van der Waals surface area (Å²) in [5, 5.41) is 20.3. The molecule has 80 valence electrons. The summed E-state index contributed by atoms with van der Waals surface area (Å²) in [5.74, 6) is -0.510. The number of rotatable bonds is 5. The van der Waals surface area contributed by atoms with E-state index >= 15 is 0 Å². The molecule has 1 aromatic carbocycles. The molecule has 0 fully saturated rings. The molecule has 0 spiro atoms. The maximum Gasteiger partial charge on any atom is 0.143 e. The molecule has 3 nitrogen and oxygen atoms in total. The molecular formula is C11H13FN2O. The Bertz CT molecular complexity index is 360. The van der Waals surface area contributed by atoms with Gasteiger partial charge in [0, 0.05) is 13.2 Å². The summed E-state index contributed by atoms with van der Waals surface area (Å²) in [7, 11) is 0. The Balaban J connectivity index is 2.61. The van der Waals surface area contributed by atoms with Gasteiger partial charge in [-0.15, -0.1) is 0 Å². The van der Waals surface area contributed by atoms with Crippen LogP contribution in [0.15, 0.2) is 18.2 Å². The maximum absolute atomic E-state index is 13.1. The van der Waals surface area contributed by atoms with Crippen LogP contribution in [0.3, 0.4) is 0 Å². The van der Waals surface area contributed by atoms with Crippen LogP contribution in [-0.2, 0) is 0 Å². The van der Waals surface area contributed by atoms with Crippen molar-refractivity contribution in [3.8, 4) is 6.07 Å². The summed E-state index contributed by atoms with van der Waals surface area (Å²) in [6, 6.07) is 6.31. The van der Waals surface area contributed by atoms with E-state index in [0.717, 1.165) is 6.42 Å². The second kappa shape index (κ2) is 5.99. The van der Waals surface area contributed by atoms with Crippen molar-refractivity contribution >= 4 is 5.69 Å². The highest BCUT2D eigenvalue weighted by atomic mass is 19.1. The predicted octanol–water partition coefficient (Wildman–Crippen LogP) is 1.88. The second-order valence-electron chi connectivity index (χ2n) is 3.13. The van der Waals surface area contributed by atoms with Gasteiger partial charge < -0.3 is 10.4 Å². The van der Waals surface area contributed by atoms with Crippen LogP contribution in [0.2, 0.25) is 0 Å². The number of aliphatic hydroxyl groups excluding tert-OH is 1. The standard InChI is InChI=1S/C11H13FN2O/c12-10-4-3-5-11(9(10)8-13)14-6-1-2-7-15/h3-5,14-15H,1-2,6-7H2. The van der Waals surface area contributed by atoms with Crippen molar-refractivity contribution in [1.82, 2.24) is 0 Å². The number of nitriles is 1. The van der Waals surface area contributed by atoms with Crippen molar-refractivity contribution in [1.29, 1.82) is 5.26 Å². The fourth-order valence-corrected chi connectivity index (χ4v) is 1.24. The molecule has 0 bridgehead atoms. The topological polar surface area (TPSA) is 56.0 Å². The van der Waals surface area contributed by atoms with Gasteiger partial charge in [0.2, 0.25) is 0 Å². The molecule has 0 saturated heterocycles. The number of halogens is 1. The molecule has 2 N–H and O–H groups in total. The van der Waals surface area contributed by atoms with Gasteiger partial charge in [0.15, 0.2) is 0 Å². The summed E-state index contributed by atoms with van der Waals surface area (Å²) >= 11 is 0. The lowest BCUT2D eigenvalue weighted by atomic mass is 10.2. The van der Waals surface area contributed by atoms with E-state index in [1.54, 1.807) is 12.1 Å². The first kappa shape index (κ1) is 11.5. The van der Waals surface area contributed by atoms with E-state index in [1.807, 2.05) is 6.07 Å². The number of anilines is 1. The molecule has 0 amide bonds. The largest absolute Gasteiger partial charge is 0.396 e. The third-order valence-electron chi connectivity index (χ3n) is 2.03. The van der Waals surface area contributed by atoms with E-state index in [-0.39, 0.29) is 12.2 Å². The molecule has 0 saturated carbocycles. The van der Waals surface area contributed by atoms with Crippen LogP contribution in [0.5, 0.6) is 0 Å². The lowest BCUT2D eigenvalue weighted by Gasteiger charge is -2.07. The van der Waals surface area contributed by atoms with Gasteiger partial charge in [-0.3, -0.25) is 0 Å². The monoisotopic (exact) mass is 208 g/mol. The number of hydrogen-bond donors (Lipinski definition) is 2. The van der Waals surface area contributed by atoms with Gasteiger partial charge in [0.05, 0.1) is 5.69 Å². The van der Waals surface area contributed by atoms with Crippen LogP contribution in [0.4, 0.5) is 10.1 Å². The van der Waals surface area contributed by atoms with Gasteiger partial charge in [-0.25, -0.2) is 4.39 Å². The zero-order valence-corrected chi connectivity index (χ0v) is 8.33. The fourth-order valence-electron chi connectivity index (χ4n) is 1.24. The van der Waals surface area contributed by atoms with Crippen molar-refractivity contribution in [3.63, 3.8) is 0 Å². The zero-order valence-electron chi connectivity index (χ0n) is 8.33. The van der Waals surface area contributed by atoms with E-state index in [9.17, 15) is 4.39 Å². The van der Waals surface area contributed by atoms with E-state index in [2.05, 4.69) is 5.32 Å². The summed E-state index contributed by atoms with van der Waals surface area (Å²) in [6.07, 6.45) is 1.49. The van der Waals surface area contributed by atoms with Crippen LogP contribution >= 0.6 is 0 Å². The van der Waals surface area contributed by atoms with Crippen LogP contribution in [0, 0.1) is 17.1 Å². The van der Waals surface area contributed by atoms with Gasteiger partial charge >= 0.3 is 0 Å². The highest BCUT2D eigenvalue weighted by molar-refractivity contribution is 5.57. The average molecular weight is 208 g/mol. The number of nitrogens with one attached hydrogen (secondary N) is 1. The average Bonchev–Trinajstić information content (AvgIpc) is 2.24. The first-order chi connectivity index (χ1) is 7.29. The third kappa shape index (κ3) is 3.22. The van der Waals surface area contributed by atoms with E-state index < -0.39 is 5.82 Å². The Kier molecular flexibility index (Phi) is 4.58. The molecule has 1 rings (SSSR count). The third-order valence-corrected chi connectivity index (χ3v) is 2.03. The Morgan fingerprint density at radius 1 is 1.40 bits per heavy atom. The van der Waals surface area contributed by atoms with Crippen LogP contribution in [0.25, 0.3) is 0 Å². The summed E-state index contributed by atoms with van der Waals surface area (Å²) in [6.45, 7) is 0.772. The molecule has 0 aromatic heterocycles. The molecule has 0 aliphatic carbocycles. The SMILES string of the molecule is N#Cc1c(F)cccc1NCCCCO. The number of benzene rings is 1. The first-order valence-corrected chi connectivity index (χ1v) is 4.83. The molecule has 4 heteroatoms. The Morgan fingerprint density at radius 2 is 2.20 bits per heavy atom. The van der Waals surface area contributed by atoms with E-state index in [1.165, 1.54) is 6.07 Å². The van der Waals surface area contributed by atoms with Crippen LogP contribution in [0.1, 0.15) is 18.4 Å². The minimum Gasteiger partial charge on any atom is -0.396 e. The van der Waals surface area contributed by atoms with Crippen molar-refractivity contribution in [3.05, 3.63) is 29.6 Å². The number of unbranched alkanes of at least 4 members (excludes halogenated alkanes) is 1. The lowest BCUT2D eigenvalue weighted by Crippen LogP contribution is -2.04. The highest BCUT2D eigenvalue weighted by Gasteiger charge is 2.06. The molecule has 0 aliphatic rings. The van der Waals surface area contributed by atoms with E-state index in [0.29, 0.717) is 18.7 Å². The van der Waals surface area contributed by atoms with E-state index in [4.69, 9.17) is 10.4 Å². The highest BCUT2D eigenvalue weighted by Crippen LogP contribution is 2.17. The predicted molar refractivity (Wildman–Crippen MR) is 55.9 cm³/mol. The lowest BCUT2D eigenvalue weighted by molar-refractivity contribution is 0.286. The maximum atomic E-state index is 13.1. The Labute approximate surface area is 88.2 Å². The first-order valence-electron chi connectivity index (χ1n) is 4.83. The minimum absolute atomic E-state index is 0.0431. The summed E-state index contributed by atoms with van der Waals surface area (Å²) in [5.41, 5.74) is 0.553. The second-order valence-corrected chi connectivity index (χ2v) is 3.13. The fraction of sp³-hybridized carbons (Fsp3) is 0.364. The molecule has 1 aromatic rings. The number of hydrogen-bond acceptors (Lipinski definition) is 3. The Hall–Kier alpha value is -1.60.